The second-order valence-corrected chi connectivity index (χ2v) is 3.35. The molecule has 0 atom stereocenters. The van der Waals surface area contributed by atoms with Gasteiger partial charge in [-0.25, -0.2) is 0 Å². The van der Waals surface area contributed by atoms with Gasteiger partial charge in [0.05, 0.1) is 5.02 Å². The molecule has 15 heavy (non-hydrogen) atoms. The van der Waals surface area contributed by atoms with Gasteiger partial charge in [0.25, 0.3) is 0 Å². The van der Waals surface area contributed by atoms with Gasteiger partial charge in [0.1, 0.15) is 17.8 Å². The average Bonchev–Trinajstić information content (AvgIpc) is 2.28. The smallest absolute Gasteiger partial charge is 0.194 e. The molecule has 0 radical (unpaired) electrons. The van der Waals surface area contributed by atoms with Crippen molar-refractivity contribution in [2.75, 3.05) is 0 Å². The van der Waals surface area contributed by atoms with Gasteiger partial charge in [0.15, 0.2) is 0 Å². The van der Waals surface area contributed by atoms with Crippen LogP contribution in [0.1, 0.15) is 6.92 Å². The lowest BCUT2D eigenvalue weighted by atomic mass is 10.1. The van der Waals surface area contributed by atoms with Crippen LogP contribution in [0, 0.1) is 22.7 Å². The molecule has 0 aliphatic heterocycles. The number of azo groups is 1. The van der Waals surface area contributed by atoms with Crippen LogP contribution in [0.2, 0.25) is 5.02 Å². The molecule has 1 rings (SSSR count). The first-order valence-electron chi connectivity index (χ1n) is 4.11. The molecule has 0 aliphatic carbocycles. The Morgan fingerprint density at radius 3 is 2.40 bits per heavy atom. The van der Waals surface area contributed by atoms with Crippen molar-refractivity contribution in [1.82, 2.24) is 0 Å². The topological polar surface area (TPSA) is 72.3 Å². The highest BCUT2D eigenvalue weighted by Crippen LogP contribution is 2.25. The van der Waals surface area contributed by atoms with Crippen molar-refractivity contribution in [3.63, 3.8) is 0 Å². The Morgan fingerprint density at radius 1 is 1.27 bits per heavy atom. The van der Waals surface area contributed by atoms with Crippen LogP contribution in [0.4, 0.5) is 5.69 Å². The third-order valence-electron chi connectivity index (χ3n) is 1.65. The number of nitriles is 2. The number of benzene rings is 1. The van der Waals surface area contributed by atoms with Crippen molar-refractivity contribution in [1.29, 1.82) is 10.5 Å². The van der Waals surface area contributed by atoms with E-state index in [4.69, 9.17) is 22.1 Å². The molecule has 0 fully saturated rings. The Morgan fingerprint density at radius 2 is 1.87 bits per heavy atom. The standard InChI is InChI=1S/C10H7ClN4/c1-10(6-12,7-13)15-14-9-5-3-2-4-8(9)11/h2-5H,1H3. The number of hydrogen-bond acceptors (Lipinski definition) is 4. The van der Waals surface area contributed by atoms with E-state index in [0.717, 1.165) is 0 Å². The average molecular weight is 219 g/mol. The van der Waals surface area contributed by atoms with Crippen LogP contribution in [-0.4, -0.2) is 5.54 Å². The van der Waals surface area contributed by atoms with Gasteiger partial charge in [-0.3, -0.25) is 0 Å². The molecule has 0 N–H and O–H groups in total. The summed E-state index contributed by atoms with van der Waals surface area (Å²) in [5.41, 5.74) is -1.02. The van der Waals surface area contributed by atoms with Crippen molar-refractivity contribution >= 4 is 17.3 Å². The van der Waals surface area contributed by atoms with Gasteiger partial charge >= 0.3 is 0 Å². The van der Waals surface area contributed by atoms with Gasteiger partial charge in [-0.05, 0) is 19.1 Å². The monoisotopic (exact) mass is 218 g/mol. The first-order chi connectivity index (χ1) is 7.11. The summed E-state index contributed by atoms with van der Waals surface area (Å²) in [7, 11) is 0. The van der Waals surface area contributed by atoms with E-state index in [2.05, 4.69) is 10.2 Å². The van der Waals surface area contributed by atoms with Gasteiger partial charge in [0.2, 0.25) is 5.54 Å². The van der Waals surface area contributed by atoms with Crippen LogP contribution < -0.4 is 0 Å². The van der Waals surface area contributed by atoms with E-state index in [-0.39, 0.29) is 0 Å². The summed E-state index contributed by atoms with van der Waals surface area (Å²) in [6.07, 6.45) is 0. The van der Waals surface area contributed by atoms with Crippen LogP contribution in [0.5, 0.6) is 0 Å². The molecule has 0 saturated carbocycles. The van der Waals surface area contributed by atoms with Gasteiger partial charge in [-0.15, -0.1) is 0 Å². The predicted molar refractivity (Wildman–Crippen MR) is 55.6 cm³/mol. The molecular weight excluding hydrogens is 212 g/mol. The van der Waals surface area contributed by atoms with Crippen molar-refractivity contribution in [2.45, 2.75) is 12.5 Å². The Kier molecular flexibility index (Phi) is 3.38. The van der Waals surface area contributed by atoms with Crippen LogP contribution in [0.25, 0.3) is 0 Å². The third kappa shape index (κ3) is 2.77. The molecule has 0 aromatic heterocycles. The Balaban J connectivity index is 2.99. The van der Waals surface area contributed by atoms with E-state index >= 15 is 0 Å². The van der Waals surface area contributed by atoms with E-state index in [9.17, 15) is 0 Å². The Labute approximate surface area is 92.4 Å². The maximum Gasteiger partial charge on any atom is 0.249 e. The lowest BCUT2D eigenvalue weighted by Crippen LogP contribution is -2.14. The summed E-state index contributed by atoms with van der Waals surface area (Å²) in [5, 5.41) is 25.2. The molecule has 4 nitrogen and oxygen atoms in total. The second kappa shape index (κ2) is 4.54. The van der Waals surface area contributed by atoms with Crippen molar-refractivity contribution in [3.8, 4) is 12.1 Å². The highest BCUT2D eigenvalue weighted by molar-refractivity contribution is 6.32. The number of rotatable bonds is 2. The van der Waals surface area contributed by atoms with E-state index in [0.29, 0.717) is 10.7 Å². The molecule has 1 aromatic carbocycles. The van der Waals surface area contributed by atoms with Crippen molar-refractivity contribution in [2.24, 2.45) is 10.2 Å². The molecule has 0 amide bonds. The summed E-state index contributed by atoms with van der Waals surface area (Å²) < 4.78 is 0. The van der Waals surface area contributed by atoms with E-state index < -0.39 is 5.54 Å². The van der Waals surface area contributed by atoms with Crippen molar-refractivity contribution < 1.29 is 0 Å². The molecule has 5 heteroatoms. The minimum Gasteiger partial charge on any atom is -0.194 e. The zero-order valence-corrected chi connectivity index (χ0v) is 8.73. The largest absolute Gasteiger partial charge is 0.249 e. The van der Waals surface area contributed by atoms with E-state index in [1.807, 2.05) is 0 Å². The zero-order valence-electron chi connectivity index (χ0n) is 7.98. The number of halogens is 1. The molecule has 0 bridgehead atoms. The Hall–Kier alpha value is -1.91. The maximum absolute atomic E-state index is 8.67. The van der Waals surface area contributed by atoms with E-state index in [1.54, 1.807) is 36.4 Å². The fourth-order valence-electron chi connectivity index (χ4n) is 0.756. The fraction of sp³-hybridized carbons (Fsp3) is 0.200. The second-order valence-electron chi connectivity index (χ2n) is 2.95. The first-order valence-corrected chi connectivity index (χ1v) is 4.49. The SMILES string of the molecule is CC(C#N)(C#N)N=Nc1ccccc1Cl. The van der Waals surface area contributed by atoms with E-state index in [1.165, 1.54) is 6.92 Å². The lowest BCUT2D eigenvalue weighted by molar-refractivity contribution is 0.720. The highest BCUT2D eigenvalue weighted by Gasteiger charge is 2.21. The molecule has 0 saturated heterocycles. The van der Waals surface area contributed by atoms with Crippen LogP contribution in [-0.2, 0) is 0 Å². The normalized spacial score (nSPS) is 10.9. The quantitative estimate of drug-likeness (QED) is 0.715. The molecule has 0 unspecified atom stereocenters. The van der Waals surface area contributed by atoms with Crippen molar-refractivity contribution in [3.05, 3.63) is 29.3 Å². The van der Waals surface area contributed by atoms with Gasteiger partial charge in [0, 0.05) is 0 Å². The maximum atomic E-state index is 8.67. The summed E-state index contributed by atoms with van der Waals surface area (Å²) in [4.78, 5) is 0. The van der Waals surface area contributed by atoms with Crippen LogP contribution in [0.15, 0.2) is 34.5 Å². The zero-order chi connectivity index (χ0) is 11.3. The lowest BCUT2D eigenvalue weighted by Gasteiger charge is -2.02. The summed E-state index contributed by atoms with van der Waals surface area (Å²) >= 11 is 5.82. The molecule has 1 aromatic rings. The first kappa shape index (κ1) is 11.2. The molecule has 0 aliphatic rings. The minimum atomic E-state index is -1.46. The summed E-state index contributed by atoms with van der Waals surface area (Å²) in [6.45, 7) is 1.38. The van der Waals surface area contributed by atoms with Gasteiger partial charge in [-0.1, -0.05) is 23.7 Å². The molecule has 0 spiro atoms. The summed E-state index contributed by atoms with van der Waals surface area (Å²) in [5.74, 6) is 0. The van der Waals surface area contributed by atoms with Gasteiger partial charge < -0.3 is 0 Å². The molecular formula is C10H7ClN4. The van der Waals surface area contributed by atoms with Gasteiger partial charge in [-0.2, -0.15) is 20.8 Å². The summed E-state index contributed by atoms with van der Waals surface area (Å²) in [6, 6.07) is 10.3. The van der Waals surface area contributed by atoms with Crippen LogP contribution >= 0.6 is 11.6 Å². The number of nitrogens with zero attached hydrogens (tertiary/aromatic N) is 4. The minimum absolute atomic E-state index is 0.430. The predicted octanol–water partition coefficient (Wildman–Crippen LogP) is 3.23. The fourth-order valence-corrected chi connectivity index (χ4v) is 0.930. The molecule has 0 heterocycles. The third-order valence-corrected chi connectivity index (χ3v) is 1.97. The molecule has 74 valence electrons. The number of hydrogen-bond donors (Lipinski definition) is 0. The van der Waals surface area contributed by atoms with Crippen LogP contribution in [0.3, 0.4) is 0 Å². The highest BCUT2D eigenvalue weighted by atomic mass is 35.5. The Bertz CT molecular complexity index is 453.